The van der Waals surface area contributed by atoms with Crippen molar-refractivity contribution in [2.45, 2.75) is 0 Å². The number of fused-ring (bicyclic) bond motifs is 2. The van der Waals surface area contributed by atoms with E-state index in [4.69, 9.17) is 0 Å². The van der Waals surface area contributed by atoms with Crippen LogP contribution in [-0.2, 0) is 0 Å². The van der Waals surface area contributed by atoms with Crippen LogP contribution in [0, 0.1) is 0 Å². The van der Waals surface area contributed by atoms with Gasteiger partial charge in [-0.1, -0.05) is 84.9 Å². The molecule has 0 saturated heterocycles. The Morgan fingerprint density at radius 1 is 0.375 bits per heavy atom. The van der Waals surface area contributed by atoms with Gasteiger partial charge < -0.3 is 10.2 Å². The number of hydrogen-bond acceptors (Lipinski definition) is 6. The predicted octanol–water partition coefficient (Wildman–Crippen LogP) is 10.4. The van der Waals surface area contributed by atoms with Crippen LogP contribution in [0.15, 0.2) is 142 Å². The maximum Gasteiger partial charge on any atom is 0.123 e. The van der Waals surface area contributed by atoms with Gasteiger partial charge in [-0.2, -0.15) is 10.2 Å². The summed E-state index contributed by atoms with van der Waals surface area (Å²) in [5, 5.41) is 40.9. The number of hydrogen-bond donors (Lipinski definition) is 2. The first-order chi connectivity index (χ1) is 19.6. The summed E-state index contributed by atoms with van der Waals surface area (Å²) in [6.45, 7) is 0. The van der Waals surface area contributed by atoms with Crippen molar-refractivity contribution in [2.75, 3.05) is 0 Å². The molecular formula is C34H24N4O2. The Morgan fingerprint density at radius 2 is 0.750 bits per heavy atom. The monoisotopic (exact) mass is 520 g/mol. The van der Waals surface area contributed by atoms with Gasteiger partial charge in [0.2, 0.25) is 0 Å². The molecule has 0 bridgehead atoms. The first kappa shape index (κ1) is 24.7. The first-order valence-corrected chi connectivity index (χ1v) is 12.8. The van der Waals surface area contributed by atoms with Crippen molar-refractivity contribution in [2.24, 2.45) is 20.5 Å². The van der Waals surface area contributed by atoms with Crippen molar-refractivity contribution in [3.05, 3.63) is 132 Å². The lowest BCUT2D eigenvalue weighted by Gasteiger charge is -2.03. The summed E-state index contributed by atoms with van der Waals surface area (Å²) >= 11 is 0. The standard InChI is InChI=1S/C34H24N4O2/c39-33-21-19-31(27-5-1-3-7-29(27)33)37-35-25-15-11-23(12-16-25)9-10-24-13-17-26(18-14-24)36-38-32-20-22-34(40)30-8-4-2-6-28(30)32/h1-22,39-40H. The van der Waals surface area contributed by atoms with E-state index in [9.17, 15) is 10.2 Å². The van der Waals surface area contributed by atoms with Crippen LogP contribution in [0.1, 0.15) is 11.1 Å². The molecule has 192 valence electrons. The maximum atomic E-state index is 10.1. The summed E-state index contributed by atoms with van der Waals surface area (Å²) in [5.41, 5.74) is 4.97. The minimum atomic E-state index is 0.229. The van der Waals surface area contributed by atoms with Crippen molar-refractivity contribution in [1.82, 2.24) is 0 Å². The maximum absolute atomic E-state index is 10.1. The molecule has 0 unspecified atom stereocenters. The summed E-state index contributed by atoms with van der Waals surface area (Å²) in [4.78, 5) is 0. The second-order valence-electron chi connectivity index (χ2n) is 9.22. The van der Waals surface area contributed by atoms with Gasteiger partial charge >= 0.3 is 0 Å². The van der Waals surface area contributed by atoms with E-state index in [-0.39, 0.29) is 11.5 Å². The van der Waals surface area contributed by atoms with E-state index >= 15 is 0 Å². The van der Waals surface area contributed by atoms with Gasteiger partial charge in [-0.05, 0) is 59.7 Å². The molecule has 0 aromatic heterocycles. The Hall–Kier alpha value is -5.62. The highest BCUT2D eigenvalue weighted by Crippen LogP contribution is 2.34. The fourth-order valence-corrected chi connectivity index (χ4v) is 4.43. The number of phenols is 2. The number of azo groups is 2. The molecule has 40 heavy (non-hydrogen) atoms. The molecule has 6 rings (SSSR count). The van der Waals surface area contributed by atoms with Gasteiger partial charge in [0.1, 0.15) is 11.5 Å². The van der Waals surface area contributed by atoms with Gasteiger partial charge in [-0.3, -0.25) is 0 Å². The predicted molar refractivity (Wildman–Crippen MR) is 161 cm³/mol. The van der Waals surface area contributed by atoms with Crippen molar-refractivity contribution < 1.29 is 10.2 Å². The molecule has 0 atom stereocenters. The van der Waals surface area contributed by atoms with Gasteiger partial charge in [-0.25, -0.2) is 0 Å². The van der Waals surface area contributed by atoms with Gasteiger partial charge in [0.15, 0.2) is 0 Å². The molecule has 0 fully saturated rings. The molecule has 6 aromatic rings. The fourth-order valence-electron chi connectivity index (χ4n) is 4.43. The molecular weight excluding hydrogens is 496 g/mol. The van der Waals surface area contributed by atoms with E-state index in [1.807, 2.05) is 109 Å². The summed E-state index contributed by atoms with van der Waals surface area (Å²) in [6.07, 6.45) is 4.07. The largest absolute Gasteiger partial charge is 0.507 e. The van der Waals surface area contributed by atoms with Gasteiger partial charge in [-0.15, -0.1) is 10.2 Å². The SMILES string of the molecule is Oc1ccc(N=Nc2ccc(C=Cc3ccc(N=Nc4ccc(O)c5ccccc45)cc3)cc2)c2ccccc12. The van der Waals surface area contributed by atoms with Crippen molar-refractivity contribution in [1.29, 1.82) is 0 Å². The highest BCUT2D eigenvalue weighted by atomic mass is 16.3. The zero-order valence-corrected chi connectivity index (χ0v) is 21.4. The van der Waals surface area contributed by atoms with E-state index in [1.165, 1.54) is 0 Å². The van der Waals surface area contributed by atoms with E-state index in [2.05, 4.69) is 20.5 Å². The van der Waals surface area contributed by atoms with Crippen LogP contribution in [0.2, 0.25) is 0 Å². The smallest absolute Gasteiger partial charge is 0.123 e. The minimum Gasteiger partial charge on any atom is -0.507 e. The van der Waals surface area contributed by atoms with Crippen LogP contribution in [-0.4, -0.2) is 10.2 Å². The summed E-state index contributed by atoms with van der Waals surface area (Å²) in [6, 6.07) is 37.6. The van der Waals surface area contributed by atoms with Crippen molar-refractivity contribution in [3.63, 3.8) is 0 Å². The van der Waals surface area contributed by atoms with E-state index in [0.717, 1.165) is 44.0 Å². The van der Waals surface area contributed by atoms with Crippen LogP contribution in [0.25, 0.3) is 33.7 Å². The molecule has 6 aromatic carbocycles. The average Bonchev–Trinajstić information content (AvgIpc) is 3.01. The van der Waals surface area contributed by atoms with Crippen LogP contribution >= 0.6 is 0 Å². The molecule has 0 aliphatic rings. The van der Waals surface area contributed by atoms with Crippen LogP contribution in [0.5, 0.6) is 11.5 Å². The van der Waals surface area contributed by atoms with Crippen molar-refractivity contribution in [3.8, 4) is 11.5 Å². The molecule has 0 heterocycles. The van der Waals surface area contributed by atoms with Crippen molar-refractivity contribution >= 4 is 56.4 Å². The second-order valence-corrected chi connectivity index (χ2v) is 9.22. The van der Waals surface area contributed by atoms with E-state index in [1.54, 1.807) is 24.3 Å². The minimum absolute atomic E-state index is 0.229. The second kappa shape index (κ2) is 11.0. The third-order valence-corrected chi connectivity index (χ3v) is 6.56. The Kier molecular flexibility index (Phi) is 6.80. The summed E-state index contributed by atoms with van der Waals surface area (Å²) in [5.74, 6) is 0.458. The number of rotatable bonds is 6. The summed E-state index contributed by atoms with van der Waals surface area (Å²) < 4.78 is 0. The molecule has 2 N–H and O–H groups in total. The normalized spacial score (nSPS) is 11.9. The molecule has 6 nitrogen and oxygen atoms in total. The zero-order chi connectivity index (χ0) is 27.3. The fraction of sp³-hybridized carbons (Fsp3) is 0. The van der Waals surface area contributed by atoms with Crippen LogP contribution in [0.4, 0.5) is 22.7 Å². The van der Waals surface area contributed by atoms with Crippen LogP contribution in [0.3, 0.4) is 0 Å². The topological polar surface area (TPSA) is 89.9 Å². The van der Waals surface area contributed by atoms with E-state index < -0.39 is 0 Å². The Balaban J connectivity index is 1.12. The van der Waals surface area contributed by atoms with Gasteiger partial charge in [0.25, 0.3) is 0 Å². The van der Waals surface area contributed by atoms with Crippen LogP contribution < -0.4 is 0 Å². The lowest BCUT2D eigenvalue weighted by atomic mass is 10.1. The lowest BCUT2D eigenvalue weighted by Crippen LogP contribution is -1.75. The third-order valence-electron chi connectivity index (χ3n) is 6.56. The highest BCUT2D eigenvalue weighted by molar-refractivity contribution is 5.97. The molecule has 0 spiro atoms. The molecule has 0 aliphatic heterocycles. The Morgan fingerprint density at radius 3 is 1.15 bits per heavy atom. The quantitative estimate of drug-likeness (QED) is 0.169. The lowest BCUT2D eigenvalue weighted by molar-refractivity contribution is 0.481. The number of benzene rings is 6. The molecule has 6 heteroatoms. The third kappa shape index (κ3) is 5.33. The molecule has 0 saturated carbocycles. The Bertz CT molecular complexity index is 1770. The molecule has 0 aliphatic carbocycles. The Labute approximate surface area is 230 Å². The van der Waals surface area contributed by atoms with Gasteiger partial charge in [0.05, 0.1) is 22.7 Å². The summed E-state index contributed by atoms with van der Waals surface area (Å²) in [7, 11) is 0. The molecule has 0 radical (unpaired) electrons. The highest BCUT2D eigenvalue weighted by Gasteiger charge is 2.05. The zero-order valence-electron chi connectivity index (χ0n) is 21.4. The first-order valence-electron chi connectivity index (χ1n) is 12.8. The van der Waals surface area contributed by atoms with Gasteiger partial charge in [0, 0.05) is 21.5 Å². The average molecular weight is 521 g/mol. The number of nitrogens with zero attached hydrogens (tertiary/aromatic N) is 4. The molecule has 0 amide bonds. The number of phenolic OH excluding ortho intramolecular Hbond substituents is 2. The number of aromatic hydroxyl groups is 2. The van der Waals surface area contributed by atoms with E-state index in [0.29, 0.717) is 11.4 Å².